The van der Waals surface area contributed by atoms with E-state index in [2.05, 4.69) is 11.8 Å². The van der Waals surface area contributed by atoms with Crippen molar-refractivity contribution in [3.05, 3.63) is 36.4 Å². The Kier molecular flexibility index (Phi) is 2.80. The van der Waals surface area contributed by atoms with Crippen molar-refractivity contribution < 1.29 is 8.42 Å². The summed E-state index contributed by atoms with van der Waals surface area (Å²) >= 11 is 0. The fourth-order valence-corrected chi connectivity index (χ4v) is 3.05. The third kappa shape index (κ3) is 1.92. The van der Waals surface area contributed by atoms with Crippen LogP contribution in [0.4, 0.5) is 0 Å². The molecule has 1 radical (unpaired) electrons. The van der Waals surface area contributed by atoms with Gasteiger partial charge in [0.1, 0.15) is 0 Å². The van der Waals surface area contributed by atoms with E-state index in [1.165, 1.54) is 0 Å². The molecule has 0 aliphatic heterocycles. The number of fused-ring (bicyclic) bond motifs is 1. The molecule has 1 aromatic carbocycles. The molecule has 0 saturated carbocycles. The Bertz CT molecular complexity index is 465. The molecule has 15 heavy (non-hydrogen) atoms. The maximum atomic E-state index is 11.7. The van der Waals surface area contributed by atoms with Crippen molar-refractivity contribution in [2.45, 2.75) is 30.6 Å². The molecule has 0 bridgehead atoms. The highest BCUT2D eigenvalue weighted by Gasteiger charge is 2.20. The highest BCUT2D eigenvalue weighted by Crippen LogP contribution is 2.26. The van der Waals surface area contributed by atoms with E-state index in [1.807, 2.05) is 6.07 Å². The Morgan fingerprint density at radius 2 is 1.93 bits per heavy atom. The molecule has 0 heterocycles. The van der Waals surface area contributed by atoms with Crippen LogP contribution in [0.5, 0.6) is 0 Å². The molecule has 0 unspecified atom stereocenters. The van der Waals surface area contributed by atoms with Crippen molar-refractivity contribution >= 4 is 10.0 Å². The Morgan fingerprint density at radius 3 is 2.67 bits per heavy atom. The molecule has 0 fully saturated rings. The van der Waals surface area contributed by atoms with Crippen molar-refractivity contribution in [3.63, 3.8) is 0 Å². The number of rotatable bonds is 2. The molecule has 0 spiro atoms. The zero-order valence-electron chi connectivity index (χ0n) is 8.49. The minimum atomic E-state index is -3.40. The fraction of sp³-hybridized carbons (Fsp3) is 0.364. The van der Waals surface area contributed by atoms with Crippen LogP contribution in [0.2, 0.25) is 0 Å². The minimum Gasteiger partial charge on any atom is -0.210 e. The Balaban J connectivity index is 2.58. The van der Waals surface area contributed by atoms with Crippen molar-refractivity contribution in [2.24, 2.45) is 0 Å². The van der Waals surface area contributed by atoms with Gasteiger partial charge in [-0.15, -0.1) is 0 Å². The molecule has 0 saturated heterocycles. The summed E-state index contributed by atoms with van der Waals surface area (Å²) in [6, 6.07) is 5.46. The van der Waals surface area contributed by atoms with Crippen molar-refractivity contribution in [3.8, 4) is 0 Å². The summed E-state index contributed by atoms with van der Waals surface area (Å²) in [6.07, 6.45) is 4.05. The number of benzene rings is 1. The zero-order chi connectivity index (χ0) is 10.9. The smallest absolute Gasteiger partial charge is 0.210 e. The van der Waals surface area contributed by atoms with Crippen LogP contribution >= 0.6 is 0 Å². The summed E-state index contributed by atoms with van der Waals surface area (Å²) in [5.74, 6) is 0. The average molecular weight is 224 g/mol. The lowest BCUT2D eigenvalue weighted by atomic mass is 9.92. The fourth-order valence-electron chi connectivity index (χ4n) is 2.08. The summed E-state index contributed by atoms with van der Waals surface area (Å²) in [6.45, 7) is 0. The van der Waals surface area contributed by atoms with Gasteiger partial charge in [0.25, 0.3) is 0 Å². The standard InChI is InChI=1S/C11H14NO2S/c1-12-15(13,14)11-8-4-6-9-5-2-3-7-10(9)11/h4,6,8,12H,1-3,5,7H2. The van der Waals surface area contributed by atoms with Gasteiger partial charge < -0.3 is 0 Å². The maximum Gasteiger partial charge on any atom is 0.240 e. The average Bonchev–Trinajstić information content (AvgIpc) is 2.28. The number of hydrogen-bond donors (Lipinski definition) is 1. The molecular formula is C11H14NO2S. The number of aryl methyl sites for hydroxylation is 1. The van der Waals surface area contributed by atoms with E-state index in [-0.39, 0.29) is 0 Å². The Hall–Kier alpha value is -0.870. The molecule has 1 aliphatic carbocycles. The van der Waals surface area contributed by atoms with Gasteiger partial charge in [0.2, 0.25) is 10.0 Å². The van der Waals surface area contributed by atoms with Crippen LogP contribution in [-0.2, 0) is 22.9 Å². The summed E-state index contributed by atoms with van der Waals surface area (Å²) < 4.78 is 25.5. The van der Waals surface area contributed by atoms with E-state index in [1.54, 1.807) is 12.1 Å². The normalized spacial score (nSPS) is 16.1. The van der Waals surface area contributed by atoms with Gasteiger partial charge in [0.05, 0.1) is 4.90 Å². The zero-order valence-corrected chi connectivity index (χ0v) is 9.31. The Labute approximate surface area is 90.6 Å². The first-order valence-electron chi connectivity index (χ1n) is 5.05. The maximum absolute atomic E-state index is 11.7. The molecule has 1 aliphatic rings. The quantitative estimate of drug-likeness (QED) is 0.830. The summed E-state index contributed by atoms with van der Waals surface area (Å²) in [5.41, 5.74) is 2.14. The molecule has 3 nitrogen and oxygen atoms in total. The van der Waals surface area contributed by atoms with Crippen molar-refractivity contribution in [2.75, 3.05) is 0 Å². The molecule has 1 N–H and O–H groups in total. The van der Waals surface area contributed by atoms with Crippen LogP contribution in [0.3, 0.4) is 0 Å². The van der Waals surface area contributed by atoms with Gasteiger partial charge in [0.15, 0.2) is 0 Å². The minimum absolute atomic E-state index is 0.398. The predicted molar refractivity (Wildman–Crippen MR) is 58.8 cm³/mol. The van der Waals surface area contributed by atoms with E-state index in [0.29, 0.717) is 4.90 Å². The molecular weight excluding hydrogens is 210 g/mol. The first kappa shape index (κ1) is 10.6. The SMILES string of the molecule is [CH2]NS(=O)(=O)c1cccc2c1CCCC2. The van der Waals surface area contributed by atoms with Gasteiger partial charge in [-0.3, -0.25) is 0 Å². The first-order valence-corrected chi connectivity index (χ1v) is 6.53. The van der Waals surface area contributed by atoms with E-state index in [0.717, 1.165) is 36.8 Å². The van der Waals surface area contributed by atoms with Crippen molar-refractivity contribution in [1.29, 1.82) is 0 Å². The molecule has 2 rings (SSSR count). The summed E-state index contributed by atoms with van der Waals surface area (Å²) in [5, 5.41) is 0. The molecule has 0 amide bonds. The first-order chi connectivity index (χ1) is 7.15. The highest BCUT2D eigenvalue weighted by molar-refractivity contribution is 7.89. The van der Waals surface area contributed by atoms with Gasteiger partial charge >= 0.3 is 0 Å². The van der Waals surface area contributed by atoms with Gasteiger partial charge in [-0.2, -0.15) is 0 Å². The van der Waals surface area contributed by atoms with E-state index in [9.17, 15) is 8.42 Å². The second-order valence-electron chi connectivity index (χ2n) is 3.75. The summed E-state index contributed by atoms with van der Waals surface area (Å²) in [7, 11) is -0.156. The molecule has 1 aromatic rings. The molecule has 0 aromatic heterocycles. The largest absolute Gasteiger partial charge is 0.240 e. The Morgan fingerprint density at radius 1 is 1.20 bits per heavy atom. The van der Waals surface area contributed by atoms with Crippen LogP contribution in [0.1, 0.15) is 24.0 Å². The lowest BCUT2D eigenvalue weighted by Crippen LogP contribution is -2.20. The second kappa shape index (κ2) is 3.94. The van der Waals surface area contributed by atoms with Crippen LogP contribution in [-0.4, -0.2) is 8.42 Å². The van der Waals surface area contributed by atoms with E-state index >= 15 is 0 Å². The second-order valence-corrected chi connectivity index (χ2v) is 5.48. The van der Waals surface area contributed by atoms with Crippen LogP contribution < -0.4 is 4.72 Å². The molecule has 0 atom stereocenters. The third-order valence-electron chi connectivity index (χ3n) is 2.83. The van der Waals surface area contributed by atoms with Crippen LogP contribution in [0.15, 0.2) is 23.1 Å². The number of hydrogen-bond acceptors (Lipinski definition) is 2. The van der Waals surface area contributed by atoms with E-state index < -0.39 is 10.0 Å². The van der Waals surface area contributed by atoms with Crippen LogP contribution in [0.25, 0.3) is 0 Å². The lowest BCUT2D eigenvalue weighted by molar-refractivity contribution is 0.586. The van der Waals surface area contributed by atoms with Gasteiger partial charge in [-0.1, -0.05) is 12.1 Å². The lowest BCUT2D eigenvalue weighted by Gasteiger charge is -2.18. The van der Waals surface area contributed by atoms with Gasteiger partial charge in [-0.25, -0.2) is 13.1 Å². The topological polar surface area (TPSA) is 46.2 Å². The third-order valence-corrected chi connectivity index (χ3v) is 4.17. The van der Waals surface area contributed by atoms with Gasteiger partial charge in [0, 0.05) is 7.05 Å². The number of sulfonamides is 1. The highest BCUT2D eigenvalue weighted by atomic mass is 32.2. The molecule has 81 valence electrons. The summed E-state index contributed by atoms with van der Waals surface area (Å²) in [4.78, 5) is 0.398. The monoisotopic (exact) mass is 224 g/mol. The predicted octanol–water partition coefficient (Wildman–Crippen LogP) is 1.64. The van der Waals surface area contributed by atoms with Gasteiger partial charge in [-0.05, 0) is 42.9 Å². The van der Waals surface area contributed by atoms with Crippen molar-refractivity contribution in [1.82, 2.24) is 4.72 Å². The molecule has 4 heteroatoms. The van der Waals surface area contributed by atoms with E-state index in [4.69, 9.17) is 0 Å². The van der Waals surface area contributed by atoms with Crippen LogP contribution in [0, 0.1) is 7.05 Å². The number of nitrogens with one attached hydrogen (secondary N) is 1.